The third-order valence-corrected chi connectivity index (χ3v) is 6.69. The topological polar surface area (TPSA) is 81.3 Å². The third-order valence-electron chi connectivity index (χ3n) is 6.15. The maximum absolute atomic E-state index is 13.0. The van der Waals surface area contributed by atoms with E-state index < -0.39 is 0 Å². The summed E-state index contributed by atoms with van der Waals surface area (Å²) >= 11 is 12.1. The molecule has 0 unspecified atom stereocenters. The van der Waals surface area contributed by atoms with Gasteiger partial charge in [-0.05, 0) is 48.0 Å². The minimum Gasteiger partial charge on any atom is -0.364 e. The Bertz CT molecular complexity index is 1380. The van der Waals surface area contributed by atoms with Crippen molar-refractivity contribution in [2.45, 2.75) is 6.54 Å². The molecule has 2 amide bonds. The highest BCUT2D eigenvalue weighted by molar-refractivity contribution is 6.36. The molecule has 5 rings (SSSR count). The first-order chi connectivity index (χ1) is 17.0. The van der Waals surface area contributed by atoms with Gasteiger partial charge in [0.2, 0.25) is 0 Å². The number of carbonyl (C=O) groups excluding carboxylic acids is 2. The molecule has 4 aromatic rings. The molecule has 1 aromatic heterocycles. The Hall–Kier alpha value is -3.55. The van der Waals surface area contributed by atoms with Crippen LogP contribution in [0.15, 0.2) is 66.7 Å². The van der Waals surface area contributed by atoms with E-state index in [0.717, 1.165) is 22.3 Å². The average molecular weight is 508 g/mol. The summed E-state index contributed by atoms with van der Waals surface area (Å²) in [6, 6.07) is 20.4. The van der Waals surface area contributed by atoms with Gasteiger partial charge >= 0.3 is 0 Å². The number of anilines is 1. The van der Waals surface area contributed by atoms with Crippen LogP contribution >= 0.6 is 23.2 Å². The summed E-state index contributed by atoms with van der Waals surface area (Å²) in [6.07, 6.45) is 0. The van der Waals surface area contributed by atoms with Crippen molar-refractivity contribution in [2.24, 2.45) is 0 Å². The summed E-state index contributed by atoms with van der Waals surface area (Å²) in [5, 5.41) is 12.5. The second-order valence-corrected chi connectivity index (χ2v) is 9.22. The lowest BCUT2D eigenvalue weighted by atomic mass is 10.1. The van der Waals surface area contributed by atoms with Gasteiger partial charge in [-0.25, -0.2) is 0 Å². The lowest BCUT2D eigenvalue weighted by Gasteiger charge is -2.35. The first kappa shape index (κ1) is 23.2. The number of hydrogen-bond acceptors (Lipinski definition) is 4. The van der Waals surface area contributed by atoms with Crippen molar-refractivity contribution < 1.29 is 9.59 Å². The molecular formula is C26H23Cl2N5O2. The van der Waals surface area contributed by atoms with Gasteiger partial charge in [0, 0.05) is 48.7 Å². The normalized spacial score (nSPS) is 13.8. The van der Waals surface area contributed by atoms with Crippen LogP contribution in [0.3, 0.4) is 0 Å². The van der Waals surface area contributed by atoms with Crippen LogP contribution in [0.25, 0.3) is 10.9 Å². The van der Waals surface area contributed by atoms with E-state index in [1.54, 1.807) is 28.0 Å². The zero-order valence-electron chi connectivity index (χ0n) is 18.8. The molecule has 3 aromatic carbocycles. The molecule has 7 nitrogen and oxygen atoms in total. The first-order valence-corrected chi connectivity index (χ1v) is 12.0. The largest absolute Gasteiger partial charge is 0.364 e. The highest BCUT2D eigenvalue weighted by Crippen LogP contribution is 2.23. The molecule has 0 bridgehead atoms. The Labute approximate surface area is 212 Å². The highest BCUT2D eigenvalue weighted by atomic mass is 35.5. The number of piperazine rings is 1. The lowest BCUT2D eigenvalue weighted by molar-refractivity contribution is 0.0535. The minimum atomic E-state index is -0.152. The predicted molar refractivity (Wildman–Crippen MR) is 138 cm³/mol. The van der Waals surface area contributed by atoms with Gasteiger partial charge in [-0.15, -0.1) is 0 Å². The molecule has 1 aliphatic rings. The number of fused-ring (bicyclic) bond motifs is 1. The molecule has 2 heterocycles. The van der Waals surface area contributed by atoms with Gasteiger partial charge in [0.1, 0.15) is 0 Å². The molecule has 0 atom stereocenters. The quantitative estimate of drug-likeness (QED) is 0.394. The van der Waals surface area contributed by atoms with Crippen LogP contribution in [0.1, 0.15) is 26.3 Å². The van der Waals surface area contributed by atoms with Crippen molar-refractivity contribution in [3.8, 4) is 0 Å². The maximum Gasteiger partial charge on any atom is 0.255 e. The van der Waals surface area contributed by atoms with Crippen LogP contribution in [0.5, 0.6) is 0 Å². The van der Waals surface area contributed by atoms with Crippen molar-refractivity contribution in [2.75, 3.05) is 31.5 Å². The molecule has 0 saturated carbocycles. The average Bonchev–Trinajstić information content (AvgIpc) is 3.30. The fraction of sp³-hybridized carbons (Fsp3) is 0.192. The Morgan fingerprint density at radius 2 is 1.57 bits per heavy atom. The zero-order chi connectivity index (χ0) is 24.4. The van der Waals surface area contributed by atoms with E-state index in [2.05, 4.69) is 15.5 Å². The summed E-state index contributed by atoms with van der Waals surface area (Å²) in [7, 11) is 0. The monoisotopic (exact) mass is 507 g/mol. The number of carbonyl (C=O) groups is 2. The van der Waals surface area contributed by atoms with E-state index in [1.807, 2.05) is 48.5 Å². The lowest BCUT2D eigenvalue weighted by Crippen LogP contribution is -2.50. The fourth-order valence-corrected chi connectivity index (χ4v) is 4.67. The van der Waals surface area contributed by atoms with Crippen LogP contribution in [0.4, 0.5) is 5.82 Å². The third kappa shape index (κ3) is 4.97. The van der Waals surface area contributed by atoms with Crippen LogP contribution in [0.2, 0.25) is 10.0 Å². The molecule has 178 valence electrons. The van der Waals surface area contributed by atoms with Crippen molar-refractivity contribution in [1.29, 1.82) is 0 Å². The van der Waals surface area contributed by atoms with Crippen LogP contribution < -0.4 is 5.32 Å². The van der Waals surface area contributed by atoms with Crippen molar-refractivity contribution in [3.05, 3.63) is 93.5 Å². The molecule has 2 N–H and O–H groups in total. The summed E-state index contributed by atoms with van der Waals surface area (Å²) in [4.78, 5) is 29.3. The standard InChI is InChI=1S/C26H23Cl2N5O2/c27-19-9-10-20(22(28)15-19)26(35)33-13-11-32(12-14-33)25(34)18-7-5-17(6-8-18)16-29-24-21-3-1-2-4-23(21)30-31-24/h1-10,15H,11-14,16H2,(H2,29,30,31). The molecule has 0 aliphatic carbocycles. The van der Waals surface area contributed by atoms with Crippen molar-refractivity contribution >= 4 is 51.7 Å². The number of para-hydroxylation sites is 1. The van der Waals surface area contributed by atoms with Gasteiger partial charge in [0.15, 0.2) is 5.82 Å². The molecule has 0 spiro atoms. The van der Waals surface area contributed by atoms with E-state index in [9.17, 15) is 9.59 Å². The fourth-order valence-electron chi connectivity index (χ4n) is 4.18. The summed E-state index contributed by atoms with van der Waals surface area (Å²) in [6.45, 7) is 2.42. The van der Waals surface area contributed by atoms with Crippen molar-refractivity contribution in [1.82, 2.24) is 20.0 Å². The van der Waals surface area contributed by atoms with E-state index in [-0.39, 0.29) is 11.8 Å². The highest BCUT2D eigenvalue weighted by Gasteiger charge is 2.26. The summed E-state index contributed by atoms with van der Waals surface area (Å²) in [5.41, 5.74) is 3.07. The Morgan fingerprint density at radius 1 is 0.886 bits per heavy atom. The SMILES string of the molecule is O=C(c1ccc(CNc2n[nH]c3ccccc23)cc1)N1CCN(C(=O)c2ccc(Cl)cc2Cl)CC1. The molecule has 1 aliphatic heterocycles. The molecule has 35 heavy (non-hydrogen) atoms. The number of nitrogens with one attached hydrogen (secondary N) is 2. The number of aromatic nitrogens is 2. The van der Waals surface area contributed by atoms with Crippen LogP contribution in [0, 0.1) is 0 Å². The predicted octanol–water partition coefficient (Wildman–Crippen LogP) is 5.08. The molecule has 9 heteroatoms. The number of rotatable bonds is 5. The molecule has 1 saturated heterocycles. The van der Waals surface area contributed by atoms with Crippen LogP contribution in [-0.2, 0) is 6.54 Å². The van der Waals surface area contributed by atoms with Gasteiger partial charge < -0.3 is 15.1 Å². The number of amides is 2. The molecule has 1 fully saturated rings. The smallest absolute Gasteiger partial charge is 0.255 e. The first-order valence-electron chi connectivity index (χ1n) is 11.3. The van der Waals surface area contributed by atoms with E-state index in [1.165, 1.54) is 0 Å². The Kier molecular flexibility index (Phi) is 6.61. The van der Waals surface area contributed by atoms with E-state index in [0.29, 0.717) is 53.9 Å². The van der Waals surface area contributed by atoms with Gasteiger partial charge in [-0.3, -0.25) is 14.7 Å². The van der Waals surface area contributed by atoms with Gasteiger partial charge in [-0.2, -0.15) is 5.10 Å². The number of aromatic amines is 1. The van der Waals surface area contributed by atoms with Gasteiger partial charge in [0.25, 0.3) is 11.8 Å². The number of H-pyrrole nitrogens is 1. The van der Waals surface area contributed by atoms with Crippen molar-refractivity contribution in [3.63, 3.8) is 0 Å². The van der Waals surface area contributed by atoms with E-state index >= 15 is 0 Å². The number of nitrogens with zero attached hydrogens (tertiary/aromatic N) is 3. The van der Waals surface area contributed by atoms with E-state index in [4.69, 9.17) is 23.2 Å². The zero-order valence-corrected chi connectivity index (χ0v) is 20.3. The number of benzene rings is 3. The Balaban J connectivity index is 1.16. The molecular weight excluding hydrogens is 485 g/mol. The molecule has 0 radical (unpaired) electrons. The van der Waals surface area contributed by atoms with Gasteiger partial charge in [-0.1, -0.05) is 47.5 Å². The van der Waals surface area contributed by atoms with Crippen LogP contribution in [-0.4, -0.2) is 58.0 Å². The van der Waals surface area contributed by atoms with Gasteiger partial charge in [0.05, 0.1) is 16.1 Å². The minimum absolute atomic E-state index is 0.0422. The summed E-state index contributed by atoms with van der Waals surface area (Å²) in [5.74, 6) is 0.604. The second-order valence-electron chi connectivity index (χ2n) is 8.38. The maximum atomic E-state index is 13.0. The second kappa shape index (κ2) is 9.98. The Morgan fingerprint density at radius 3 is 2.29 bits per heavy atom. The number of hydrogen-bond donors (Lipinski definition) is 2. The summed E-state index contributed by atoms with van der Waals surface area (Å²) < 4.78 is 0. The number of halogens is 2.